The van der Waals surface area contributed by atoms with E-state index in [1.165, 1.54) is 12.7 Å². The lowest BCUT2D eigenvalue weighted by atomic mass is 9.97. The number of benzene rings is 1. The van der Waals surface area contributed by atoms with Gasteiger partial charge in [-0.15, -0.1) is 0 Å². The van der Waals surface area contributed by atoms with Gasteiger partial charge in [0.05, 0.1) is 20.1 Å². The standard InChI is InChI=1S/C18H27N3O3/c1-13-11-14(5-6-16(13)23-3)12-20-18(19-2)21-9-7-15(8-10-21)17(22)24-4/h5-6,11,15H,7-10,12H2,1-4H3,(H,19,20). The second kappa shape index (κ2) is 8.57. The molecule has 0 atom stereocenters. The average Bonchev–Trinajstić information content (AvgIpc) is 2.62. The fourth-order valence-corrected chi connectivity index (χ4v) is 3.06. The van der Waals surface area contributed by atoms with Gasteiger partial charge in [0.1, 0.15) is 5.75 Å². The molecule has 1 aromatic rings. The van der Waals surface area contributed by atoms with Gasteiger partial charge in [0.15, 0.2) is 5.96 Å². The molecule has 1 aliphatic heterocycles. The highest BCUT2D eigenvalue weighted by Gasteiger charge is 2.26. The number of piperidine rings is 1. The van der Waals surface area contributed by atoms with E-state index in [9.17, 15) is 4.79 Å². The molecule has 0 saturated carbocycles. The van der Waals surface area contributed by atoms with Crippen LogP contribution < -0.4 is 10.1 Å². The maximum absolute atomic E-state index is 11.6. The number of nitrogens with zero attached hydrogens (tertiary/aromatic N) is 2. The van der Waals surface area contributed by atoms with Crippen LogP contribution >= 0.6 is 0 Å². The van der Waals surface area contributed by atoms with Gasteiger partial charge in [0.25, 0.3) is 0 Å². The minimum atomic E-state index is -0.105. The summed E-state index contributed by atoms with van der Waals surface area (Å²) in [5.74, 6) is 1.67. The van der Waals surface area contributed by atoms with Gasteiger partial charge in [-0.25, -0.2) is 0 Å². The number of nitrogens with one attached hydrogen (secondary N) is 1. The van der Waals surface area contributed by atoms with Crippen molar-refractivity contribution in [1.82, 2.24) is 10.2 Å². The molecule has 1 aliphatic rings. The molecule has 0 bridgehead atoms. The number of likely N-dealkylation sites (tertiary alicyclic amines) is 1. The van der Waals surface area contributed by atoms with Gasteiger partial charge in [0.2, 0.25) is 0 Å². The summed E-state index contributed by atoms with van der Waals surface area (Å²) < 4.78 is 10.1. The maximum Gasteiger partial charge on any atom is 0.308 e. The van der Waals surface area contributed by atoms with E-state index in [0.29, 0.717) is 6.54 Å². The minimum absolute atomic E-state index is 0.00796. The van der Waals surface area contributed by atoms with E-state index < -0.39 is 0 Å². The lowest BCUT2D eigenvalue weighted by Crippen LogP contribution is -2.46. The number of carbonyl (C=O) groups is 1. The molecule has 1 fully saturated rings. The Kier molecular flexibility index (Phi) is 6.46. The third kappa shape index (κ3) is 4.40. The molecule has 0 radical (unpaired) electrons. The first-order valence-corrected chi connectivity index (χ1v) is 8.26. The van der Waals surface area contributed by atoms with Gasteiger partial charge >= 0.3 is 5.97 Å². The van der Waals surface area contributed by atoms with Gasteiger partial charge < -0.3 is 19.7 Å². The van der Waals surface area contributed by atoms with Crippen molar-refractivity contribution in [3.63, 3.8) is 0 Å². The number of hydrogen-bond donors (Lipinski definition) is 1. The summed E-state index contributed by atoms with van der Waals surface area (Å²) in [6.07, 6.45) is 1.60. The second-order valence-electron chi connectivity index (χ2n) is 5.99. The molecule has 1 N–H and O–H groups in total. The van der Waals surface area contributed by atoms with Crippen LogP contribution in [-0.2, 0) is 16.1 Å². The SMILES string of the molecule is CN=C(NCc1ccc(OC)c(C)c1)N1CCC(C(=O)OC)CC1. The Hall–Kier alpha value is -2.24. The lowest BCUT2D eigenvalue weighted by molar-refractivity contribution is -0.146. The first-order chi connectivity index (χ1) is 11.6. The quantitative estimate of drug-likeness (QED) is 0.518. The van der Waals surface area contributed by atoms with Crippen LogP contribution in [0.4, 0.5) is 0 Å². The first-order valence-electron chi connectivity index (χ1n) is 8.26. The average molecular weight is 333 g/mol. The molecule has 2 rings (SSSR count). The summed E-state index contributed by atoms with van der Waals surface area (Å²) in [6, 6.07) is 6.15. The van der Waals surface area contributed by atoms with E-state index in [-0.39, 0.29) is 11.9 Å². The zero-order chi connectivity index (χ0) is 17.5. The highest BCUT2D eigenvalue weighted by molar-refractivity contribution is 5.80. The number of hydrogen-bond acceptors (Lipinski definition) is 4. The molecule has 0 unspecified atom stereocenters. The van der Waals surface area contributed by atoms with Crippen molar-refractivity contribution in [3.05, 3.63) is 29.3 Å². The number of aryl methyl sites for hydroxylation is 1. The number of aliphatic imine (C=N–C) groups is 1. The van der Waals surface area contributed by atoms with Gasteiger partial charge in [-0.2, -0.15) is 0 Å². The minimum Gasteiger partial charge on any atom is -0.496 e. The van der Waals surface area contributed by atoms with E-state index in [0.717, 1.165) is 43.2 Å². The summed E-state index contributed by atoms with van der Waals surface area (Å²) in [4.78, 5) is 18.2. The molecular weight excluding hydrogens is 306 g/mol. The third-order valence-electron chi connectivity index (χ3n) is 4.45. The zero-order valence-corrected chi connectivity index (χ0v) is 15.0. The molecular formula is C18H27N3O3. The number of carbonyl (C=O) groups excluding carboxylic acids is 1. The van der Waals surface area contributed by atoms with Crippen LogP contribution in [0.25, 0.3) is 0 Å². The Labute approximate surface area is 143 Å². The van der Waals surface area contributed by atoms with E-state index in [1.807, 2.05) is 13.0 Å². The molecule has 0 aliphatic carbocycles. The van der Waals surface area contributed by atoms with Gasteiger partial charge in [0, 0.05) is 26.7 Å². The van der Waals surface area contributed by atoms with E-state index in [1.54, 1.807) is 14.2 Å². The van der Waals surface area contributed by atoms with E-state index >= 15 is 0 Å². The molecule has 0 aromatic heterocycles. The van der Waals surface area contributed by atoms with E-state index in [4.69, 9.17) is 9.47 Å². The molecule has 6 nitrogen and oxygen atoms in total. The number of rotatable bonds is 4. The van der Waals surface area contributed by atoms with Crippen LogP contribution in [0.15, 0.2) is 23.2 Å². The summed E-state index contributed by atoms with van der Waals surface area (Å²) in [5.41, 5.74) is 2.30. The molecule has 6 heteroatoms. The predicted octanol–water partition coefficient (Wildman–Crippen LogP) is 1.96. The van der Waals surface area contributed by atoms with Crippen molar-refractivity contribution < 1.29 is 14.3 Å². The van der Waals surface area contributed by atoms with Crippen LogP contribution in [0.5, 0.6) is 5.75 Å². The van der Waals surface area contributed by atoms with Gasteiger partial charge in [-0.05, 0) is 37.0 Å². The largest absolute Gasteiger partial charge is 0.496 e. The fourth-order valence-electron chi connectivity index (χ4n) is 3.06. The molecule has 24 heavy (non-hydrogen) atoms. The molecule has 1 saturated heterocycles. The molecule has 0 spiro atoms. The maximum atomic E-state index is 11.6. The van der Waals surface area contributed by atoms with Crippen LogP contribution in [0.3, 0.4) is 0 Å². The van der Waals surface area contributed by atoms with Crippen molar-refractivity contribution in [2.75, 3.05) is 34.4 Å². The lowest BCUT2D eigenvalue weighted by Gasteiger charge is -2.33. The topological polar surface area (TPSA) is 63.2 Å². The third-order valence-corrected chi connectivity index (χ3v) is 4.45. The normalized spacial score (nSPS) is 16.0. The Morgan fingerprint density at radius 2 is 2.04 bits per heavy atom. The second-order valence-corrected chi connectivity index (χ2v) is 5.99. The van der Waals surface area contributed by atoms with E-state index in [2.05, 4.69) is 27.3 Å². The summed E-state index contributed by atoms with van der Waals surface area (Å²) in [7, 11) is 4.92. The molecule has 132 valence electrons. The van der Waals surface area contributed by atoms with Crippen molar-refractivity contribution in [1.29, 1.82) is 0 Å². The Balaban J connectivity index is 1.89. The fraction of sp³-hybridized carbons (Fsp3) is 0.556. The van der Waals surface area contributed by atoms with Crippen molar-refractivity contribution in [3.8, 4) is 5.75 Å². The summed E-state index contributed by atoms with van der Waals surface area (Å²) >= 11 is 0. The van der Waals surface area contributed by atoms with Gasteiger partial charge in [-0.1, -0.05) is 12.1 Å². The number of guanidine groups is 1. The Bertz CT molecular complexity index is 593. The number of methoxy groups -OCH3 is 2. The number of esters is 1. The highest BCUT2D eigenvalue weighted by atomic mass is 16.5. The zero-order valence-electron chi connectivity index (χ0n) is 15.0. The molecule has 1 aromatic carbocycles. The molecule has 1 heterocycles. The van der Waals surface area contributed by atoms with Crippen molar-refractivity contribution in [2.45, 2.75) is 26.3 Å². The van der Waals surface area contributed by atoms with Crippen molar-refractivity contribution in [2.24, 2.45) is 10.9 Å². The van der Waals surface area contributed by atoms with Crippen LogP contribution in [0.1, 0.15) is 24.0 Å². The summed E-state index contributed by atoms with van der Waals surface area (Å²) in [5, 5.41) is 3.40. The monoisotopic (exact) mass is 333 g/mol. The van der Waals surface area contributed by atoms with Crippen LogP contribution in [0, 0.1) is 12.8 Å². The van der Waals surface area contributed by atoms with Crippen LogP contribution in [0.2, 0.25) is 0 Å². The van der Waals surface area contributed by atoms with Crippen molar-refractivity contribution >= 4 is 11.9 Å². The smallest absolute Gasteiger partial charge is 0.308 e. The summed E-state index contributed by atoms with van der Waals surface area (Å²) in [6.45, 7) is 4.35. The Morgan fingerprint density at radius 1 is 1.33 bits per heavy atom. The first kappa shape index (κ1) is 18.1. The Morgan fingerprint density at radius 3 is 2.58 bits per heavy atom. The number of ether oxygens (including phenoxy) is 2. The highest BCUT2D eigenvalue weighted by Crippen LogP contribution is 2.20. The molecule has 0 amide bonds. The van der Waals surface area contributed by atoms with Crippen LogP contribution in [-0.4, -0.2) is 51.2 Å². The predicted molar refractivity (Wildman–Crippen MR) is 94.2 cm³/mol. The van der Waals surface area contributed by atoms with Gasteiger partial charge in [-0.3, -0.25) is 9.79 Å².